The Bertz CT molecular complexity index is 942. The van der Waals surface area contributed by atoms with Gasteiger partial charge in [0.1, 0.15) is 5.75 Å². The van der Waals surface area contributed by atoms with Gasteiger partial charge in [0.25, 0.3) is 0 Å². The van der Waals surface area contributed by atoms with Crippen LogP contribution in [0.15, 0.2) is 53.7 Å². The number of thioether (sulfide) groups is 1. The lowest BCUT2D eigenvalue weighted by atomic mass is 10.2. The molecule has 0 fully saturated rings. The molecule has 1 aromatic heterocycles. The molecular weight excluding hydrogens is 408 g/mol. The molecule has 0 spiro atoms. The molecular formula is C21H23ClN4O2S. The third-order valence-corrected chi connectivity index (χ3v) is 5.45. The van der Waals surface area contributed by atoms with E-state index in [0.29, 0.717) is 15.9 Å². The molecule has 3 aromatic rings. The second-order valence-electron chi connectivity index (χ2n) is 6.44. The molecule has 0 saturated carbocycles. The van der Waals surface area contributed by atoms with E-state index in [1.807, 2.05) is 35.9 Å². The Morgan fingerprint density at radius 1 is 1.14 bits per heavy atom. The second-order valence-corrected chi connectivity index (χ2v) is 7.81. The fourth-order valence-electron chi connectivity index (χ4n) is 2.59. The van der Waals surface area contributed by atoms with E-state index in [9.17, 15) is 4.79 Å². The molecule has 0 atom stereocenters. The van der Waals surface area contributed by atoms with Gasteiger partial charge in [-0.05, 0) is 55.0 Å². The van der Waals surface area contributed by atoms with Gasteiger partial charge in [-0.1, -0.05) is 36.7 Å². The van der Waals surface area contributed by atoms with Crippen LogP contribution >= 0.6 is 23.4 Å². The van der Waals surface area contributed by atoms with Crippen LogP contribution in [0.2, 0.25) is 5.02 Å². The Morgan fingerprint density at radius 2 is 1.86 bits per heavy atom. The predicted octanol–water partition coefficient (Wildman–Crippen LogP) is 5.05. The number of hydrogen-bond acceptors (Lipinski definition) is 5. The van der Waals surface area contributed by atoms with Crippen molar-refractivity contribution in [3.63, 3.8) is 0 Å². The van der Waals surface area contributed by atoms with Gasteiger partial charge in [-0.3, -0.25) is 4.79 Å². The Kier molecular flexibility index (Phi) is 7.55. The number of aromatic nitrogens is 3. The van der Waals surface area contributed by atoms with E-state index in [1.54, 1.807) is 24.3 Å². The number of halogens is 1. The van der Waals surface area contributed by atoms with Crippen molar-refractivity contribution in [2.75, 3.05) is 17.7 Å². The molecule has 1 heterocycles. The third-order valence-electron chi connectivity index (χ3n) is 4.17. The number of carbonyl (C=O) groups excluding carboxylic acids is 1. The highest BCUT2D eigenvalue weighted by Gasteiger charge is 2.13. The summed E-state index contributed by atoms with van der Waals surface area (Å²) in [6.45, 7) is 2.86. The Labute approximate surface area is 179 Å². The molecule has 29 heavy (non-hydrogen) atoms. The Morgan fingerprint density at radius 3 is 2.55 bits per heavy atom. The maximum Gasteiger partial charge on any atom is 0.234 e. The van der Waals surface area contributed by atoms with Crippen molar-refractivity contribution in [3.05, 3.63) is 53.6 Å². The first kappa shape index (κ1) is 21.2. The molecule has 0 aliphatic heterocycles. The van der Waals surface area contributed by atoms with E-state index in [0.717, 1.165) is 36.6 Å². The number of anilines is 1. The molecule has 1 amide bonds. The van der Waals surface area contributed by atoms with Gasteiger partial charge in [0, 0.05) is 23.3 Å². The quantitative estimate of drug-likeness (QED) is 0.380. The van der Waals surface area contributed by atoms with E-state index < -0.39 is 0 Å². The molecule has 0 aliphatic carbocycles. The first-order valence-electron chi connectivity index (χ1n) is 9.37. The fourth-order valence-corrected chi connectivity index (χ4v) is 3.42. The van der Waals surface area contributed by atoms with Crippen molar-refractivity contribution in [3.8, 4) is 17.1 Å². The van der Waals surface area contributed by atoms with Gasteiger partial charge < -0.3 is 14.6 Å². The van der Waals surface area contributed by atoms with Crippen LogP contribution in [-0.4, -0.2) is 33.0 Å². The molecule has 3 rings (SSSR count). The van der Waals surface area contributed by atoms with Crippen molar-refractivity contribution >= 4 is 35.0 Å². The van der Waals surface area contributed by atoms with Gasteiger partial charge >= 0.3 is 0 Å². The number of ether oxygens (including phenoxy) is 1. The minimum Gasteiger partial charge on any atom is -0.494 e. The summed E-state index contributed by atoms with van der Waals surface area (Å²) in [4.78, 5) is 12.2. The number of carbonyl (C=O) groups is 1. The van der Waals surface area contributed by atoms with Crippen LogP contribution in [0.1, 0.15) is 19.8 Å². The summed E-state index contributed by atoms with van der Waals surface area (Å²) >= 11 is 7.19. The Balaban J connectivity index is 1.57. The number of benzene rings is 2. The van der Waals surface area contributed by atoms with Crippen LogP contribution in [0.3, 0.4) is 0 Å². The van der Waals surface area contributed by atoms with Crippen molar-refractivity contribution in [2.24, 2.45) is 7.05 Å². The van der Waals surface area contributed by atoms with Crippen LogP contribution in [0.25, 0.3) is 11.4 Å². The highest BCUT2D eigenvalue weighted by molar-refractivity contribution is 7.99. The van der Waals surface area contributed by atoms with E-state index in [-0.39, 0.29) is 11.7 Å². The molecule has 0 aliphatic rings. The number of nitrogens with one attached hydrogen (secondary N) is 1. The predicted molar refractivity (Wildman–Crippen MR) is 118 cm³/mol. The van der Waals surface area contributed by atoms with Crippen LogP contribution in [0, 0.1) is 0 Å². The van der Waals surface area contributed by atoms with Gasteiger partial charge in [-0.15, -0.1) is 10.2 Å². The number of amides is 1. The van der Waals surface area contributed by atoms with Crippen LogP contribution in [0.4, 0.5) is 5.69 Å². The number of unbranched alkanes of at least 4 members (excludes halogenated alkanes) is 1. The summed E-state index contributed by atoms with van der Waals surface area (Å²) in [6, 6.07) is 14.8. The Hall–Kier alpha value is -2.51. The van der Waals surface area contributed by atoms with E-state index in [4.69, 9.17) is 16.3 Å². The second kappa shape index (κ2) is 10.3. The summed E-state index contributed by atoms with van der Waals surface area (Å²) < 4.78 is 7.58. The molecule has 0 radical (unpaired) electrons. The summed E-state index contributed by atoms with van der Waals surface area (Å²) in [5, 5.41) is 12.6. The maximum atomic E-state index is 12.2. The topological polar surface area (TPSA) is 69.0 Å². The number of rotatable bonds is 9. The van der Waals surface area contributed by atoms with E-state index in [2.05, 4.69) is 22.4 Å². The number of nitrogens with zero attached hydrogens (tertiary/aromatic N) is 3. The maximum absolute atomic E-state index is 12.2. The van der Waals surface area contributed by atoms with Crippen molar-refractivity contribution in [1.29, 1.82) is 0 Å². The molecule has 6 nitrogen and oxygen atoms in total. The minimum absolute atomic E-state index is 0.115. The molecule has 2 aromatic carbocycles. The molecule has 0 saturated heterocycles. The largest absolute Gasteiger partial charge is 0.494 e. The van der Waals surface area contributed by atoms with Crippen LogP contribution in [0.5, 0.6) is 5.75 Å². The van der Waals surface area contributed by atoms with Crippen LogP contribution in [-0.2, 0) is 11.8 Å². The first-order valence-corrected chi connectivity index (χ1v) is 10.7. The molecule has 0 bridgehead atoms. The molecule has 0 unspecified atom stereocenters. The summed E-state index contributed by atoms with van der Waals surface area (Å²) in [5.74, 6) is 1.71. The third kappa shape index (κ3) is 5.98. The highest BCUT2D eigenvalue weighted by atomic mass is 35.5. The summed E-state index contributed by atoms with van der Waals surface area (Å²) in [6.07, 6.45) is 2.15. The molecule has 152 valence electrons. The average Bonchev–Trinajstić information content (AvgIpc) is 3.09. The normalized spacial score (nSPS) is 10.7. The van der Waals surface area contributed by atoms with Gasteiger partial charge in [-0.2, -0.15) is 0 Å². The first-order chi connectivity index (χ1) is 14.1. The summed E-state index contributed by atoms with van der Waals surface area (Å²) in [7, 11) is 1.89. The van der Waals surface area contributed by atoms with Crippen molar-refractivity contribution in [1.82, 2.24) is 14.8 Å². The SMILES string of the molecule is CCCCOc1ccc(-c2nnc(SCC(=O)Nc3ccc(Cl)cc3)n2C)cc1. The monoisotopic (exact) mass is 430 g/mol. The van der Waals surface area contributed by atoms with Gasteiger partial charge in [-0.25, -0.2) is 0 Å². The van der Waals surface area contributed by atoms with Gasteiger partial charge in [0.15, 0.2) is 11.0 Å². The van der Waals surface area contributed by atoms with Crippen molar-refractivity contribution < 1.29 is 9.53 Å². The minimum atomic E-state index is -0.115. The zero-order valence-electron chi connectivity index (χ0n) is 16.4. The van der Waals surface area contributed by atoms with E-state index >= 15 is 0 Å². The fraction of sp³-hybridized carbons (Fsp3) is 0.286. The highest BCUT2D eigenvalue weighted by Crippen LogP contribution is 2.25. The molecule has 1 N–H and O–H groups in total. The summed E-state index contributed by atoms with van der Waals surface area (Å²) in [5.41, 5.74) is 1.65. The molecule has 8 heteroatoms. The lowest BCUT2D eigenvalue weighted by molar-refractivity contribution is -0.113. The van der Waals surface area contributed by atoms with Crippen molar-refractivity contribution in [2.45, 2.75) is 24.9 Å². The lowest BCUT2D eigenvalue weighted by Crippen LogP contribution is -2.14. The van der Waals surface area contributed by atoms with Crippen LogP contribution < -0.4 is 10.1 Å². The zero-order valence-corrected chi connectivity index (χ0v) is 18.0. The smallest absolute Gasteiger partial charge is 0.234 e. The van der Waals surface area contributed by atoms with E-state index in [1.165, 1.54) is 11.8 Å². The number of hydrogen-bond donors (Lipinski definition) is 1. The lowest BCUT2D eigenvalue weighted by Gasteiger charge is -2.07. The zero-order chi connectivity index (χ0) is 20.6. The van der Waals surface area contributed by atoms with Gasteiger partial charge in [0.2, 0.25) is 5.91 Å². The standard InChI is InChI=1S/C21H23ClN4O2S/c1-3-4-13-28-18-11-5-15(6-12-18)20-24-25-21(26(20)2)29-14-19(27)23-17-9-7-16(22)8-10-17/h5-12H,3-4,13-14H2,1-2H3,(H,23,27). The van der Waals surface area contributed by atoms with Gasteiger partial charge in [0.05, 0.1) is 12.4 Å². The average molecular weight is 431 g/mol.